The lowest BCUT2D eigenvalue weighted by molar-refractivity contribution is -0.0500. The molecule has 3 heterocycles. The summed E-state index contributed by atoms with van der Waals surface area (Å²) in [5, 5.41) is 10.5. The molecule has 6 nitrogen and oxygen atoms in total. The summed E-state index contributed by atoms with van der Waals surface area (Å²) in [5.41, 5.74) is 0. The molecule has 130 valence electrons. The standard InChI is InChI=1S/C16H20F2N4O2/c1-21-9-6-19-15(21)14(23)11-4-7-22(8-5-11)13-3-2-12(10-20-13)24-16(17)18/h2-3,6,9-11,14,16,23H,4-5,7-8H2,1H3/t14-/m0/s1. The zero-order chi connectivity index (χ0) is 17.1. The smallest absolute Gasteiger partial charge is 0.387 e. The van der Waals surface area contributed by atoms with Crippen LogP contribution in [0.3, 0.4) is 0 Å². The molecular formula is C16H20F2N4O2. The Morgan fingerprint density at radius 3 is 2.54 bits per heavy atom. The van der Waals surface area contributed by atoms with Gasteiger partial charge in [-0.15, -0.1) is 0 Å². The fraction of sp³-hybridized carbons (Fsp3) is 0.500. The lowest BCUT2D eigenvalue weighted by atomic mass is 9.90. The van der Waals surface area contributed by atoms with Crippen LogP contribution in [0.4, 0.5) is 14.6 Å². The molecule has 0 amide bonds. The molecule has 24 heavy (non-hydrogen) atoms. The molecule has 1 atom stereocenters. The van der Waals surface area contributed by atoms with Crippen LogP contribution in [0.25, 0.3) is 0 Å². The van der Waals surface area contributed by atoms with Crippen molar-refractivity contribution in [3.05, 3.63) is 36.5 Å². The van der Waals surface area contributed by atoms with Crippen LogP contribution in [0.5, 0.6) is 5.75 Å². The van der Waals surface area contributed by atoms with Gasteiger partial charge in [0.1, 0.15) is 23.5 Å². The molecule has 0 bridgehead atoms. The predicted octanol–water partition coefficient (Wildman–Crippen LogP) is 2.37. The summed E-state index contributed by atoms with van der Waals surface area (Å²) >= 11 is 0. The normalized spacial score (nSPS) is 17.3. The van der Waals surface area contributed by atoms with Crippen molar-refractivity contribution in [1.29, 1.82) is 0 Å². The van der Waals surface area contributed by atoms with Crippen molar-refractivity contribution in [2.45, 2.75) is 25.6 Å². The fourth-order valence-electron chi connectivity index (χ4n) is 3.05. The average molecular weight is 338 g/mol. The van der Waals surface area contributed by atoms with Crippen LogP contribution < -0.4 is 9.64 Å². The van der Waals surface area contributed by atoms with Crippen LogP contribution in [-0.4, -0.2) is 39.3 Å². The van der Waals surface area contributed by atoms with Gasteiger partial charge in [-0.25, -0.2) is 9.97 Å². The molecule has 0 spiro atoms. The van der Waals surface area contributed by atoms with E-state index in [0.717, 1.165) is 31.7 Å². The number of hydrogen-bond acceptors (Lipinski definition) is 5. The molecule has 2 aromatic heterocycles. The molecule has 3 rings (SSSR count). The number of aliphatic hydroxyl groups excluding tert-OH is 1. The maximum atomic E-state index is 12.1. The minimum absolute atomic E-state index is 0.0499. The molecule has 0 aliphatic carbocycles. The maximum absolute atomic E-state index is 12.1. The topological polar surface area (TPSA) is 63.4 Å². The summed E-state index contributed by atoms with van der Waals surface area (Å²) < 4.78 is 30.4. The van der Waals surface area contributed by atoms with Crippen molar-refractivity contribution in [3.8, 4) is 5.75 Å². The monoisotopic (exact) mass is 338 g/mol. The third-order valence-corrected chi connectivity index (χ3v) is 4.38. The van der Waals surface area contributed by atoms with E-state index in [4.69, 9.17) is 0 Å². The van der Waals surface area contributed by atoms with E-state index in [1.54, 1.807) is 12.3 Å². The molecule has 1 saturated heterocycles. The van der Waals surface area contributed by atoms with Gasteiger partial charge in [-0.3, -0.25) is 0 Å². The van der Waals surface area contributed by atoms with Gasteiger partial charge >= 0.3 is 6.61 Å². The number of piperidine rings is 1. The number of halogens is 2. The molecular weight excluding hydrogens is 318 g/mol. The highest BCUT2D eigenvalue weighted by Gasteiger charge is 2.28. The van der Waals surface area contributed by atoms with E-state index in [-0.39, 0.29) is 11.7 Å². The molecule has 0 saturated carbocycles. The van der Waals surface area contributed by atoms with Gasteiger partial charge in [0.25, 0.3) is 0 Å². The largest absolute Gasteiger partial charge is 0.433 e. The van der Waals surface area contributed by atoms with Crippen LogP contribution in [0.15, 0.2) is 30.7 Å². The number of aromatic nitrogens is 3. The second-order valence-corrected chi connectivity index (χ2v) is 5.90. The van der Waals surface area contributed by atoms with Crippen LogP contribution in [-0.2, 0) is 7.05 Å². The molecule has 0 radical (unpaired) electrons. The minimum Gasteiger partial charge on any atom is -0.433 e. The van der Waals surface area contributed by atoms with Crippen molar-refractivity contribution < 1.29 is 18.6 Å². The number of imidazole rings is 1. The molecule has 1 fully saturated rings. The lowest BCUT2D eigenvalue weighted by Crippen LogP contribution is -2.36. The van der Waals surface area contributed by atoms with E-state index >= 15 is 0 Å². The van der Waals surface area contributed by atoms with Crippen LogP contribution in [0.1, 0.15) is 24.8 Å². The van der Waals surface area contributed by atoms with Crippen molar-refractivity contribution in [1.82, 2.24) is 14.5 Å². The Kier molecular flexibility index (Phi) is 4.94. The highest BCUT2D eigenvalue weighted by Crippen LogP contribution is 2.31. The van der Waals surface area contributed by atoms with Crippen LogP contribution >= 0.6 is 0 Å². The Balaban J connectivity index is 1.58. The van der Waals surface area contributed by atoms with E-state index in [1.807, 2.05) is 17.8 Å². The van der Waals surface area contributed by atoms with Crippen LogP contribution in [0, 0.1) is 5.92 Å². The molecule has 1 N–H and O–H groups in total. The number of ether oxygens (including phenoxy) is 1. The summed E-state index contributed by atoms with van der Waals surface area (Å²) in [7, 11) is 1.87. The predicted molar refractivity (Wildman–Crippen MR) is 84.0 cm³/mol. The Morgan fingerprint density at radius 1 is 1.25 bits per heavy atom. The molecule has 1 aliphatic heterocycles. The number of aliphatic hydroxyl groups is 1. The first-order valence-electron chi connectivity index (χ1n) is 7.85. The van der Waals surface area contributed by atoms with Gasteiger partial charge in [0, 0.05) is 32.5 Å². The highest BCUT2D eigenvalue weighted by atomic mass is 19.3. The summed E-state index contributed by atoms with van der Waals surface area (Å²) in [6.45, 7) is -1.36. The molecule has 8 heteroatoms. The minimum atomic E-state index is -2.85. The molecule has 0 aromatic carbocycles. The van der Waals surface area contributed by atoms with Gasteiger partial charge in [0.2, 0.25) is 0 Å². The summed E-state index contributed by atoms with van der Waals surface area (Å²) in [6, 6.07) is 3.16. The second kappa shape index (κ2) is 7.12. The second-order valence-electron chi connectivity index (χ2n) is 5.90. The Labute approximate surface area is 138 Å². The maximum Gasteiger partial charge on any atom is 0.387 e. The number of pyridine rings is 1. The van der Waals surface area contributed by atoms with E-state index in [0.29, 0.717) is 5.82 Å². The quantitative estimate of drug-likeness (QED) is 0.907. The lowest BCUT2D eigenvalue weighted by Gasteiger charge is -2.34. The number of alkyl halides is 2. The summed E-state index contributed by atoms with van der Waals surface area (Å²) in [4.78, 5) is 10.5. The molecule has 0 unspecified atom stereocenters. The number of aryl methyl sites for hydroxylation is 1. The number of hydrogen-bond donors (Lipinski definition) is 1. The van der Waals surface area contributed by atoms with Crippen molar-refractivity contribution in [2.75, 3.05) is 18.0 Å². The Bertz CT molecular complexity index is 654. The third-order valence-electron chi connectivity index (χ3n) is 4.38. The van der Waals surface area contributed by atoms with Gasteiger partial charge in [0.05, 0.1) is 6.20 Å². The number of rotatable bonds is 5. The van der Waals surface area contributed by atoms with Crippen molar-refractivity contribution in [3.63, 3.8) is 0 Å². The first-order valence-corrected chi connectivity index (χ1v) is 7.85. The molecule has 2 aromatic rings. The first-order chi connectivity index (χ1) is 11.5. The van der Waals surface area contributed by atoms with Gasteiger partial charge in [-0.1, -0.05) is 0 Å². The fourth-order valence-corrected chi connectivity index (χ4v) is 3.05. The van der Waals surface area contributed by atoms with Gasteiger partial charge in [0.15, 0.2) is 0 Å². The van der Waals surface area contributed by atoms with Gasteiger partial charge in [-0.2, -0.15) is 8.78 Å². The van der Waals surface area contributed by atoms with Gasteiger partial charge in [-0.05, 0) is 30.9 Å². The zero-order valence-corrected chi connectivity index (χ0v) is 13.3. The van der Waals surface area contributed by atoms with E-state index in [1.165, 1.54) is 12.3 Å². The average Bonchev–Trinajstić information content (AvgIpc) is 3.00. The highest BCUT2D eigenvalue weighted by molar-refractivity contribution is 5.41. The zero-order valence-electron chi connectivity index (χ0n) is 13.3. The van der Waals surface area contributed by atoms with Crippen LogP contribution in [0.2, 0.25) is 0 Å². The Hall–Kier alpha value is -2.22. The number of nitrogens with zero attached hydrogens (tertiary/aromatic N) is 4. The third kappa shape index (κ3) is 3.64. The van der Waals surface area contributed by atoms with E-state index < -0.39 is 12.7 Å². The van der Waals surface area contributed by atoms with Crippen molar-refractivity contribution >= 4 is 5.82 Å². The number of anilines is 1. The molecule has 1 aliphatic rings. The van der Waals surface area contributed by atoms with E-state index in [9.17, 15) is 13.9 Å². The SMILES string of the molecule is Cn1ccnc1[C@@H](O)C1CCN(c2ccc(OC(F)F)cn2)CC1. The summed E-state index contributed by atoms with van der Waals surface area (Å²) in [5.74, 6) is 1.60. The summed E-state index contributed by atoms with van der Waals surface area (Å²) in [6.07, 6.45) is 5.84. The Morgan fingerprint density at radius 2 is 2.00 bits per heavy atom. The van der Waals surface area contributed by atoms with Gasteiger partial charge < -0.3 is 19.3 Å². The van der Waals surface area contributed by atoms with Crippen molar-refractivity contribution in [2.24, 2.45) is 13.0 Å². The van der Waals surface area contributed by atoms with E-state index in [2.05, 4.69) is 19.6 Å². The first kappa shape index (κ1) is 16.6.